The Labute approximate surface area is 121 Å². The molecule has 0 amide bonds. The highest BCUT2D eigenvalue weighted by atomic mass is 79.9. The van der Waals surface area contributed by atoms with Crippen LogP contribution < -0.4 is 5.73 Å². The minimum absolute atomic E-state index is 0. The van der Waals surface area contributed by atoms with Crippen molar-refractivity contribution in [3.05, 3.63) is 28.0 Å². The summed E-state index contributed by atoms with van der Waals surface area (Å²) in [5.41, 5.74) is 6.68. The lowest BCUT2D eigenvalue weighted by Gasteiger charge is -2.28. The Bertz CT molecular complexity index is 410. The summed E-state index contributed by atoms with van der Waals surface area (Å²) in [7, 11) is 0. The zero-order chi connectivity index (χ0) is 12.4. The molecule has 0 spiro atoms. The van der Waals surface area contributed by atoms with E-state index in [4.69, 9.17) is 5.73 Å². The Morgan fingerprint density at radius 1 is 1.28 bits per heavy atom. The monoisotopic (exact) mass is 337 g/mol. The van der Waals surface area contributed by atoms with E-state index in [2.05, 4.69) is 15.9 Å². The van der Waals surface area contributed by atoms with Gasteiger partial charge >= 0.3 is 0 Å². The van der Waals surface area contributed by atoms with Gasteiger partial charge in [-0.25, -0.2) is 4.39 Å². The third-order valence-corrected chi connectivity index (χ3v) is 4.03. The summed E-state index contributed by atoms with van der Waals surface area (Å²) in [6.07, 6.45) is 5.73. The van der Waals surface area contributed by atoms with Gasteiger partial charge in [0.1, 0.15) is 0 Å². The maximum atomic E-state index is 13.4. The van der Waals surface area contributed by atoms with E-state index in [-0.39, 0.29) is 24.2 Å². The molecule has 0 bridgehead atoms. The molecule has 102 valence electrons. The molecule has 3 N–H and O–H groups in total. The van der Waals surface area contributed by atoms with Crippen molar-refractivity contribution in [2.45, 2.75) is 38.1 Å². The molecule has 1 aromatic carbocycles. The normalized spacial score (nSPS) is 18.2. The molecule has 0 unspecified atom stereocenters. The van der Waals surface area contributed by atoms with Gasteiger partial charge in [0, 0.05) is 16.1 Å². The molecule has 1 aliphatic carbocycles. The van der Waals surface area contributed by atoms with Crippen LogP contribution in [0, 0.1) is 11.7 Å². The Morgan fingerprint density at radius 2 is 1.89 bits per heavy atom. The van der Waals surface area contributed by atoms with Crippen LogP contribution in [0.4, 0.5) is 4.39 Å². The van der Waals surface area contributed by atoms with Crippen molar-refractivity contribution in [1.82, 2.24) is 0 Å². The molecule has 0 aromatic heterocycles. The van der Waals surface area contributed by atoms with Crippen molar-refractivity contribution in [1.29, 1.82) is 0 Å². The van der Waals surface area contributed by atoms with Crippen molar-refractivity contribution < 1.29 is 9.50 Å². The summed E-state index contributed by atoms with van der Waals surface area (Å²) >= 11 is 3.23. The van der Waals surface area contributed by atoms with Crippen molar-refractivity contribution in [2.75, 3.05) is 0 Å². The lowest BCUT2D eigenvalue weighted by Crippen LogP contribution is -2.23. The number of nitrogens with two attached hydrogens (primary N) is 1. The number of rotatable bonds is 2. The number of phenolic OH excluding ortho intramolecular Hbond substituents is 1. The Balaban J connectivity index is 0.00000162. The highest BCUT2D eigenvalue weighted by Gasteiger charge is 2.25. The Morgan fingerprint density at radius 3 is 2.50 bits per heavy atom. The lowest BCUT2D eigenvalue weighted by molar-refractivity contribution is 0.300. The van der Waals surface area contributed by atoms with Gasteiger partial charge in [-0.05, 0) is 30.9 Å². The quantitative estimate of drug-likeness (QED) is 0.844. The molecule has 2 rings (SSSR count). The predicted molar refractivity (Wildman–Crippen MR) is 76.5 cm³/mol. The number of halogens is 3. The van der Waals surface area contributed by atoms with Gasteiger partial charge < -0.3 is 10.8 Å². The fraction of sp³-hybridized carbons (Fsp3) is 0.538. The van der Waals surface area contributed by atoms with Crippen LogP contribution in [-0.2, 0) is 0 Å². The molecule has 0 heterocycles. The number of aromatic hydroxyl groups is 1. The standard InChI is InChI=1S/C13H17BrFNO.ClH/c14-9-6-10(13(17)11(15)7-9)12(16)8-4-2-1-3-5-8;/h6-8,12,17H,1-5,16H2;1H/t12-;/m1./s1. The number of hydrogen-bond donors (Lipinski definition) is 2. The first kappa shape index (κ1) is 15.7. The van der Waals surface area contributed by atoms with Crippen LogP contribution >= 0.6 is 28.3 Å². The topological polar surface area (TPSA) is 46.2 Å². The molecule has 1 fully saturated rings. The van der Waals surface area contributed by atoms with E-state index < -0.39 is 5.82 Å². The molecule has 18 heavy (non-hydrogen) atoms. The first-order valence-electron chi connectivity index (χ1n) is 6.03. The molecular weight excluding hydrogens is 321 g/mol. The van der Waals surface area contributed by atoms with Gasteiger partial charge in [-0.15, -0.1) is 12.4 Å². The SMILES string of the molecule is Cl.N[C@@H](c1cc(Br)cc(F)c1O)C1CCCCC1. The highest BCUT2D eigenvalue weighted by molar-refractivity contribution is 9.10. The molecule has 0 saturated heterocycles. The highest BCUT2D eigenvalue weighted by Crippen LogP contribution is 2.38. The van der Waals surface area contributed by atoms with Crippen LogP contribution in [0.1, 0.15) is 43.7 Å². The van der Waals surface area contributed by atoms with Crippen molar-refractivity contribution in [2.24, 2.45) is 11.7 Å². The summed E-state index contributed by atoms with van der Waals surface area (Å²) in [4.78, 5) is 0. The Kier molecular flexibility index (Phi) is 5.89. The molecule has 0 radical (unpaired) electrons. The van der Waals surface area contributed by atoms with Gasteiger partial charge in [-0.1, -0.05) is 35.2 Å². The van der Waals surface area contributed by atoms with E-state index in [1.807, 2.05) is 0 Å². The predicted octanol–water partition coefficient (Wildman–Crippen LogP) is 4.30. The van der Waals surface area contributed by atoms with Gasteiger partial charge in [-0.2, -0.15) is 0 Å². The van der Waals surface area contributed by atoms with Crippen LogP contribution in [0.3, 0.4) is 0 Å². The summed E-state index contributed by atoms with van der Waals surface area (Å²) < 4.78 is 14.1. The van der Waals surface area contributed by atoms with E-state index in [1.165, 1.54) is 25.3 Å². The minimum atomic E-state index is -0.611. The number of benzene rings is 1. The van der Waals surface area contributed by atoms with Crippen LogP contribution in [-0.4, -0.2) is 5.11 Å². The average Bonchev–Trinajstić information content (AvgIpc) is 2.34. The fourth-order valence-electron chi connectivity index (χ4n) is 2.59. The van der Waals surface area contributed by atoms with Gasteiger partial charge in [0.05, 0.1) is 0 Å². The maximum Gasteiger partial charge on any atom is 0.166 e. The second-order valence-electron chi connectivity index (χ2n) is 4.75. The van der Waals surface area contributed by atoms with Crippen LogP contribution in [0.15, 0.2) is 16.6 Å². The van der Waals surface area contributed by atoms with Crippen LogP contribution in [0.2, 0.25) is 0 Å². The summed E-state index contributed by atoms with van der Waals surface area (Å²) in [5, 5.41) is 9.75. The van der Waals surface area contributed by atoms with Gasteiger partial charge in [-0.3, -0.25) is 0 Å². The number of hydrogen-bond acceptors (Lipinski definition) is 2. The van der Waals surface area contributed by atoms with Crippen molar-refractivity contribution >= 4 is 28.3 Å². The van der Waals surface area contributed by atoms with Crippen molar-refractivity contribution in [3.63, 3.8) is 0 Å². The van der Waals surface area contributed by atoms with E-state index >= 15 is 0 Å². The second-order valence-corrected chi connectivity index (χ2v) is 5.66. The van der Waals surface area contributed by atoms with E-state index in [0.717, 1.165) is 12.8 Å². The molecule has 5 heteroatoms. The van der Waals surface area contributed by atoms with Crippen LogP contribution in [0.25, 0.3) is 0 Å². The Hall–Kier alpha value is -0.320. The smallest absolute Gasteiger partial charge is 0.166 e. The van der Waals surface area contributed by atoms with E-state index in [0.29, 0.717) is 16.0 Å². The van der Waals surface area contributed by atoms with Gasteiger partial charge in [0.2, 0.25) is 0 Å². The summed E-state index contributed by atoms with van der Waals surface area (Å²) in [5.74, 6) is -0.560. The third-order valence-electron chi connectivity index (χ3n) is 3.57. The zero-order valence-corrected chi connectivity index (χ0v) is 12.4. The first-order chi connectivity index (χ1) is 8.09. The lowest BCUT2D eigenvalue weighted by atomic mass is 9.81. The molecule has 0 aliphatic heterocycles. The van der Waals surface area contributed by atoms with Crippen LogP contribution in [0.5, 0.6) is 5.75 Å². The summed E-state index contributed by atoms with van der Waals surface area (Å²) in [6.45, 7) is 0. The molecular formula is C13H18BrClFNO. The molecule has 1 atom stereocenters. The summed E-state index contributed by atoms with van der Waals surface area (Å²) in [6, 6.07) is 2.70. The largest absolute Gasteiger partial charge is 0.505 e. The zero-order valence-electron chi connectivity index (χ0n) is 10.0. The van der Waals surface area contributed by atoms with E-state index in [1.54, 1.807) is 6.07 Å². The maximum absolute atomic E-state index is 13.4. The molecule has 1 saturated carbocycles. The molecule has 1 aromatic rings. The van der Waals surface area contributed by atoms with Gasteiger partial charge in [0.15, 0.2) is 11.6 Å². The van der Waals surface area contributed by atoms with E-state index in [9.17, 15) is 9.50 Å². The average molecular weight is 339 g/mol. The number of phenols is 1. The fourth-order valence-corrected chi connectivity index (χ4v) is 3.03. The second kappa shape index (κ2) is 6.73. The molecule has 2 nitrogen and oxygen atoms in total. The van der Waals surface area contributed by atoms with Crippen molar-refractivity contribution in [3.8, 4) is 5.75 Å². The third kappa shape index (κ3) is 3.37. The first-order valence-corrected chi connectivity index (χ1v) is 6.82. The minimum Gasteiger partial charge on any atom is -0.505 e. The van der Waals surface area contributed by atoms with Gasteiger partial charge in [0.25, 0.3) is 0 Å². The molecule has 1 aliphatic rings.